The largest absolute Gasteiger partial charge is 0.483 e. The fourth-order valence-electron chi connectivity index (χ4n) is 4.02. The maximum atomic E-state index is 12.9. The maximum absolute atomic E-state index is 12.9. The van der Waals surface area contributed by atoms with Crippen molar-refractivity contribution in [2.45, 2.75) is 39.0 Å². The van der Waals surface area contributed by atoms with Gasteiger partial charge in [0.15, 0.2) is 17.1 Å². The summed E-state index contributed by atoms with van der Waals surface area (Å²) in [6, 6.07) is 15.6. The number of thioether (sulfide) groups is 1. The SMILES string of the molecule is COC(=O)c1c(NC(=O)CSc2nnc(C(C)Oc3ccc(C)c(C)c3)n2C)sc(C)c1-c1ccccc1. The van der Waals surface area contributed by atoms with Crippen molar-refractivity contribution in [3.05, 3.63) is 75.9 Å². The second-order valence-electron chi connectivity index (χ2n) is 8.84. The van der Waals surface area contributed by atoms with Crippen molar-refractivity contribution in [2.75, 3.05) is 18.2 Å². The summed E-state index contributed by atoms with van der Waals surface area (Å²) in [6.45, 7) is 7.94. The molecule has 2 aromatic carbocycles. The minimum atomic E-state index is -0.494. The van der Waals surface area contributed by atoms with Crippen molar-refractivity contribution >= 4 is 40.0 Å². The lowest BCUT2D eigenvalue weighted by molar-refractivity contribution is -0.113. The van der Waals surface area contributed by atoms with Crippen molar-refractivity contribution in [3.63, 3.8) is 0 Å². The summed E-state index contributed by atoms with van der Waals surface area (Å²) in [5.74, 6) is 0.758. The molecule has 0 bridgehead atoms. The predicted octanol–water partition coefficient (Wildman–Crippen LogP) is 6.13. The highest BCUT2D eigenvalue weighted by Gasteiger charge is 2.25. The van der Waals surface area contributed by atoms with Gasteiger partial charge in [0.1, 0.15) is 16.3 Å². The lowest BCUT2D eigenvalue weighted by Gasteiger charge is -2.15. The van der Waals surface area contributed by atoms with E-state index in [-0.39, 0.29) is 17.8 Å². The van der Waals surface area contributed by atoms with Gasteiger partial charge in [-0.1, -0.05) is 48.2 Å². The molecule has 0 spiro atoms. The molecule has 0 aliphatic carbocycles. The minimum absolute atomic E-state index is 0.0938. The van der Waals surface area contributed by atoms with E-state index >= 15 is 0 Å². The first kappa shape index (κ1) is 27.4. The smallest absolute Gasteiger partial charge is 0.341 e. The van der Waals surface area contributed by atoms with E-state index < -0.39 is 5.97 Å². The minimum Gasteiger partial charge on any atom is -0.483 e. The number of rotatable bonds is 9. The van der Waals surface area contributed by atoms with Crippen LogP contribution in [-0.2, 0) is 16.6 Å². The van der Waals surface area contributed by atoms with Crippen LogP contribution in [0.5, 0.6) is 5.75 Å². The Labute approximate surface area is 230 Å². The number of nitrogens with one attached hydrogen (secondary N) is 1. The van der Waals surface area contributed by atoms with Gasteiger partial charge in [-0.15, -0.1) is 21.5 Å². The van der Waals surface area contributed by atoms with E-state index in [2.05, 4.69) is 22.4 Å². The van der Waals surface area contributed by atoms with Gasteiger partial charge in [0.25, 0.3) is 0 Å². The van der Waals surface area contributed by atoms with Gasteiger partial charge in [-0.2, -0.15) is 0 Å². The molecule has 0 radical (unpaired) electrons. The molecule has 8 nitrogen and oxygen atoms in total. The van der Waals surface area contributed by atoms with Crippen molar-refractivity contribution < 1.29 is 19.1 Å². The third kappa shape index (κ3) is 5.92. The summed E-state index contributed by atoms with van der Waals surface area (Å²) in [6.07, 6.45) is -0.328. The standard InChI is InChI=1S/C28H30N4O4S2/c1-16-12-13-21(14-17(16)2)36-18(3)25-30-31-28(32(25)5)37-15-22(33)29-26-24(27(34)35-6)23(19(4)38-26)20-10-8-7-9-11-20/h7-14,18H,15H2,1-6H3,(H,29,33). The van der Waals surface area contributed by atoms with Crippen molar-refractivity contribution in [1.29, 1.82) is 0 Å². The van der Waals surface area contributed by atoms with Crippen LogP contribution in [0.2, 0.25) is 0 Å². The van der Waals surface area contributed by atoms with Gasteiger partial charge >= 0.3 is 5.97 Å². The van der Waals surface area contributed by atoms with Gasteiger partial charge in [-0.3, -0.25) is 4.79 Å². The van der Waals surface area contributed by atoms with Crippen LogP contribution in [-0.4, -0.2) is 39.5 Å². The summed E-state index contributed by atoms with van der Waals surface area (Å²) in [5, 5.41) is 12.5. The Morgan fingerprint density at radius 2 is 1.82 bits per heavy atom. The van der Waals surface area contributed by atoms with E-state index in [0.29, 0.717) is 21.5 Å². The lowest BCUT2D eigenvalue weighted by atomic mass is 10.0. The molecular formula is C28H30N4O4S2. The number of hydrogen-bond acceptors (Lipinski definition) is 8. The molecule has 0 saturated heterocycles. The van der Waals surface area contributed by atoms with Crippen LogP contribution in [0.4, 0.5) is 5.00 Å². The average Bonchev–Trinajstić information content (AvgIpc) is 3.43. The normalized spacial score (nSPS) is 11.7. The first-order valence-corrected chi connectivity index (χ1v) is 13.8. The number of aryl methyl sites for hydroxylation is 3. The van der Waals surface area contributed by atoms with Crippen molar-refractivity contribution in [3.8, 4) is 16.9 Å². The van der Waals surface area contributed by atoms with Crippen LogP contribution in [0.3, 0.4) is 0 Å². The van der Waals surface area contributed by atoms with Crippen LogP contribution >= 0.6 is 23.1 Å². The number of carbonyl (C=O) groups is 2. The summed E-state index contributed by atoms with van der Waals surface area (Å²) in [7, 11) is 3.18. The first-order valence-electron chi connectivity index (χ1n) is 12.0. The number of thiophene rings is 1. The molecule has 1 amide bonds. The highest BCUT2D eigenvalue weighted by atomic mass is 32.2. The summed E-state index contributed by atoms with van der Waals surface area (Å²) in [5.41, 5.74) is 4.37. The summed E-state index contributed by atoms with van der Waals surface area (Å²) >= 11 is 2.61. The molecule has 1 atom stereocenters. The van der Waals surface area contributed by atoms with Crippen molar-refractivity contribution in [1.82, 2.24) is 14.8 Å². The number of methoxy groups -OCH3 is 1. The molecule has 2 heterocycles. The van der Waals surface area contributed by atoms with Gasteiger partial charge in [0, 0.05) is 17.5 Å². The van der Waals surface area contributed by atoms with Crippen molar-refractivity contribution in [2.24, 2.45) is 7.05 Å². The molecule has 1 unspecified atom stereocenters. The average molecular weight is 551 g/mol. The number of benzene rings is 2. The summed E-state index contributed by atoms with van der Waals surface area (Å²) in [4.78, 5) is 26.5. The van der Waals surface area contributed by atoms with Gasteiger partial charge in [0.2, 0.25) is 5.91 Å². The lowest BCUT2D eigenvalue weighted by Crippen LogP contribution is -2.16. The Morgan fingerprint density at radius 3 is 2.50 bits per heavy atom. The van der Waals surface area contributed by atoms with Gasteiger partial charge in [0.05, 0.1) is 12.9 Å². The Balaban J connectivity index is 1.45. The molecule has 4 aromatic rings. The summed E-state index contributed by atoms with van der Waals surface area (Å²) < 4.78 is 12.9. The zero-order valence-electron chi connectivity index (χ0n) is 22.2. The van der Waals surface area contributed by atoms with Gasteiger partial charge < -0.3 is 19.4 Å². The van der Waals surface area contributed by atoms with Crippen LogP contribution in [0.25, 0.3) is 11.1 Å². The monoisotopic (exact) mass is 550 g/mol. The van der Waals surface area contributed by atoms with E-state index in [4.69, 9.17) is 9.47 Å². The van der Waals surface area contributed by atoms with Crippen LogP contribution in [0.1, 0.15) is 45.2 Å². The zero-order chi connectivity index (χ0) is 27.4. The fraction of sp³-hybridized carbons (Fsp3) is 0.286. The third-order valence-electron chi connectivity index (χ3n) is 6.14. The fourth-order valence-corrected chi connectivity index (χ4v) is 5.82. The Bertz CT molecular complexity index is 1460. The predicted molar refractivity (Wildman–Crippen MR) is 151 cm³/mol. The van der Waals surface area contributed by atoms with Gasteiger partial charge in [-0.05, 0) is 56.5 Å². The molecule has 198 valence electrons. The highest BCUT2D eigenvalue weighted by molar-refractivity contribution is 7.99. The number of nitrogens with zero attached hydrogens (tertiary/aromatic N) is 3. The number of hydrogen-bond donors (Lipinski definition) is 1. The van der Waals surface area contributed by atoms with E-state index in [1.165, 1.54) is 35.8 Å². The molecule has 0 aliphatic heterocycles. The number of aromatic nitrogens is 3. The molecule has 1 N–H and O–H groups in total. The third-order valence-corrected chi connectivity index (χ3v) is 8.19. The van der Waals surface area contributed by atoms with Crippen LogP contribution < -0.4 is 10.1 Å². The highest BCUT2D eigenvalue weighted by Crippen LogP contribution is 2.40. The molecule has 0 fully saturated rings. The molecule has 2 aromatic heterocycles. The number of amides is 1. The van der Waals surface area contributed by atoms with Crippen LogP contribution in [0, 0.1) is 20.8 Å². The number of esters is 1. The molecule has 38 heavy (non-hydrogen) atoms. The van der Waals surface area contributed by atoms with E-state index in [1.54, 1.807) is 0 Å². The molecule has 0 aliphatic rings. The Kier molecular flexibility index (Phi) is 8.53. The number of ether oxygens (including phenoxy) is 2. The Morgan fingerprint density at radius 1 is 1.08 bits per heavy atom. The topological polar surface area (TPSA) is 95.3 Å². The molecule has 10 heteroatoms. The quantitative estimate of drug-likeness (QED) is 0.198. The number of carbonyl (C=O) groups excluding carboxylic acids is 2. The first-order chi connectivity index (χ1) is 18.2. The second-order valence-corrected chi connectivity index (χ2v) is 11.0. The molecular weight excluding hydrogens is 520 g/mol. The van der Waals surface area contributed by atoms with Gasteiger partial charge in [-0.25, -0.2) is 4.79 Å². The zero-order valence-corrected chi connectivity index (χ0v) is 23.8. The molecule has 4 rings (SSSR count). The van der Waals surface area contributed by atoms with E-state index in [9.17, 15) is 9.59 Å². The Hall–Kier alpha value is -3.63. The van der Waals surface area contributed by atoms with Crippen LogP contribution in [0.15, 0.2) is 53.7 Å². The molecule has 0 saturated carbocycles. The maximum Gasteiger partial charge on any atom is 0.341 e. The van der Waals surface area contributed by atoms with E-state index in [1.807, 2.05) is 80.9 Å². The second kappa shape index (κ2) is 11.8. The van der Waals surface area contributed by atoms with E-state index in [0.717, 1.165) is 27.3 Å². The number of anilines is 1.